The van der Waals surface area contributed by atoms with Gasteiger partial charge in [0.1, 0.15) is 16.7 Å². The quantitative estimate of drug-likeness (QED) is 0.611. The maximum atomic E-state index is 12.7. The zero-order valence-corrected chi connectivity index (χ0v) is 16.0. The molecule has 1 heterocycles. The SMILES string of the molecule is CNC(=O)NC(=O)[C@H](Sc1nnnn1-c1ccccc1OC)c1ccccc1. The lowest BCUT2D eigenvalue weighted by Gasteiger charge is -2.16. The van der Waals surface area contributed by atoms with Gasteiger partial charge in [-0.05, 0) is 28.1 Å². The summed E-state index contributed by atoms with van der Waals surface area (Å²) < 4.78 is 6.86. The van der Waals surface area contributed by atoms with Crippen LogP contribution in [0.3, 0.4) is 0 Å². The average molecular weight is 398 g/mol. The summed E-state index contributed by atoms with van der Waals surface area (Å²) in [6, 6.07) is 15.8. The summed E-state index contributed by atoms with van der Waals surface area (Å²) in [6.07, 6.45) is 0. The van der Waals surface area contributed by atoms with Crippen LogP contribution < -0.4 is 15.4 Å². The second kappa shape index (κ2) is 9.00. The molecule has 0 saturated carbocycles. The maximum Gasteiger partial charge on any atom is 0.321 e. The monoisotopic (exact) mass is 398 g/mol. The number of ether oxygens (including phenoxy) is 1. The molecular weight excluding hydrogens is 380 g/mol. The topological polar surface area (TPSA) is 111 Å². The molecule has 0 spiro atoms. The van der Waals surface area contributed by atoms with Crippen molar-refractivity contribution in [1.29, 1.82) is 0 Å². The van der Waals surface area contributed by atoms with Crippen LogP contribution in [0.15, 0.2) is 59.8 Å². The molecule has 3 aromatic rings. The third-order valence-electron chi connectivity index (χ3n) is 3.78. The van der Waals surface area contributed by atoms with Gasteiger partial charge in [0.2, 0.25) is 11.1 Å². The molecule has 0 aliphatic rings. The molecule has 0 fully saturated rings. The van der Waals surface area contributed by atoms with Gasteiger partial charge in [-0.25, -0.2) is 4.79 Å². The number of hydrogen-bond donors (Lipinski definition) is 2. The van der Waals surface area contributed by atoms with Gasteiger partial charge in [0.25, 0.3) is 0 Å². The maximum absolute atomic E-state index is 12.7. The fourth-order valence-corrected chi connectivity index (χ4v) is 3.44. The van der Waals surface area contributed by atoms with Crippen LogP contribution in [0.25, 0.3) is 5.69 Å². The minimum absolute atomic E-state index is 0.380. The number of nitrogens with one attached hydrogen (secondary N) is 2. The summed E-state index contributed by atoms with van der Waals surface area (Å²) >= 11 is 1.13. The highest BCUT2D eigenvalue weighted by Gasteiger charge is 2.27. The molecule has 1 aromatic heterocycles. The Morgan fingerprint density at radius 3 is 2.54 bits per heavy atom. The number of rotatable bonds is 6. The Bertz CT molecular complexity index is 963. The van der Waals surface area contributed by atoms with Crippen LogP contribution in [0.4, 0.5) is 4.79 Å². The summed E-state index contributed by atoms with van der Waals surface area (Å²) in [5.41, 5.74) is 1.35. The highest BCUT2D eigenvalue weighted by Crippen LogP contribution is 2.36. The van der Waals surface area contributed by atoms with Crippen LogP contribution in [0.5, 0.6) is 5.75 Å². The van der Waals surface area contributed by atoms with Crippen LogP contribution in [-0.2, 0) is 4.79 Å². The van der Waals surface area contributed by atoms with Gasteiger partial charge in [0.05, 0.1) is 7.11 Å². The van der Waals surface area contributed by atoms with E-state index in [1.807, 2.05) is 30.3 Å². The summed E-state index contributed by atoms with van der Waals surface area (Å²) in [5, 5.41) is 16.1. The van der Waals surface area contributed by atoms with Crippen LogP contribution >= 0.6 is 11.8 Å². The summed E-state index contributed by atoms with van der Waals surface area (Å²) in [6.45, 7) is 0. The number of urea groups is 1. The number of carbonyl (C=O) groups excluding carboxylic acids is 2. The minimum atomic E-state index is -0.738. The first-order valence-corrected chi connectivity index (χ1v) is 9.18. The standard InChI is InChI=1S/C18H18N6O3S/c1-19-17(26)20-16(25)15(12-8-4-3-5-9-12)28-18-21-22-23-24(18)13-10-6-7-11-14(13)27-2/h3-11,15H,1-2H3,(H2,19,20,25,26)/t15-/m1/s1. The minimum Gasteiger partial charge on any atom is -0.494 e. The summed E-state index contributed by atoms with van der Waals surface area (Å²) in [5.74, 6) is 0.104. The van der Waals surface area contributed by atoms with Crippen molar-refractivity contribution in [2.75, 3.05) is 14.2 Å². The lowest BCUT2D eigenvalue weighted by Crippen LogP contribution is -2.39. The third kappa shape index (κ3) is 4.29. The van der Waals surface area contributed by atoms with E-state index in [4.69, 9.17) is 4.74 Å². The van der Waals surface area contributed by atoms with Crippen molar-refractivity contribution in [1.82, 2.24) is 30.8 Å². The highest BCUT2D eigenvalue weighted by atomic mass is 32.2. The fourth-order valence-electron chi connectivity index (χ4n) is 2.45. The molecule has 144 valence electrons. The molecule has 0 aliphatic heterocycles. The zero-order valence-electron chi connectivity index (χ0n) is 15.2. The molecule has 3 rings (SSSR count). The van der Waals surface area contributed by atoms with Gasteiger partial charge in [-0.2, -0.15) is 4.68 Å². The molecule has 1 atom stereocenters. The molecule has 2 N–H and O–H groups in total. The van der Waals surface area contributed by atoms with Gasteiger partial charge in [0.15, 0.2) is 0 Å². The first-order valence-electron chi connectivity index (χ1n) is 8.30. The molecule has 0 radical (unpaired) electrons. The van der Waals surface area contributed by atoms with Crippen LogP contribution in [-0.4, -0.2) is 46.3 Å². The second-order valence-corrected chi connectivity index (χ2v) is 6.59. The third-order valence-corrected chi connectivity index (χ3v) is 4.97. The number of benzene rings is 2. The molecule has 9 nitrogen and oxygen atoms in total. The first kappa shape index (κ1) is 19.4. The molecule has 10 heteroatoms. The normalized spacial score (nSPS) is 11.5. The Hall–Kier alpha value is -3.40. The van der Waals surface area contributed by atoms with E-state index in [0.29, 0.717) is 22.2 Å². The molecular formula is C18H18N6O3S. The molecule has 3 amide bonds. The zero-order chi connectivity index (χ0) is 19.9. The number of para-hydroxylation sites is 2. The van der Waals surface area contributed by atoms with E-state index in [9.17, 15) is 9.59 Å². The fraction of sp³-hybridized carbons (Fsp3) is 0.167. The van der Waals surface area contributed by atoms with Crippen molar-refractivity contribution in [3.8, 4) is 11.4 Å². The first-order chi connectivity index (χ1) is 13.6. The van der Waals surface area contributed by atoms with Crippen LogP contribution in [0.2, 0.25) is 0 Å². The number of thioether (sulfide) groups is 1. The van der Waals surface area contributed by atoms with Gasteiger partial charge in [-0.3, -0.25) is 10.1 Å². The number of nitrogens with zero attached hydrogens (tertiary/aromatic N) is 4. The molecule has 2 aromatic carbocycles. The van der Waals surface area contributed by atoms with Crippen molar-refractivity contribution in [3.05, 3.63) is 60.2 Å². The van der Waals surface area contributed by atoms with E-state index in [1.54, 1.807) is 31.4 Å². The van der Waals surface area contributed by atoms with E-state index >= 15 is 0 Å². The van der Waals surface area contributed by atoms with Gasteiger partial charge >= 0.3 is 6.03 Å². The lowest BCUT2D eigenvalue weighted by molar-refractivity contribution is -0.119. The highest BCUT2D eigenvalue weighted by molar-refractivity contribution is 8.00. The molecule has 0 unspecified atom stereocenters. The van der Waals surface area contributed by atoms with E-state index in [0.717, 1.165) is 11.8 Å². The van der Waals surface area contributed by atoms with Crippen molar-refractivity contribution >= 4 is 23.7 Å². The van der Waals surface area contributed by atoms with Gasteiger partial charge in [0, 0.05) is 7.05 Å². The average Bonchev–Trinajstić information content (AvgIpc) is 3.20. The second-order valence-electron chi connectivity index (χ2n) is 5.52. The Balaban J connectivity index is 1.95. The van der Waals surface area contributed by atoms with E-state index in [-0.39, 0.29) is 0 Å². The predicted molar refractivity (Wildman–Crippen MR) is 103 cm³/mol. The Morgan fingerprint density at radius 2 is 1.82 bits per heavy atom. The van der Waals surface area contributed by atoms with E-state index < -0.39 is 17.2 Å². The lowest BCUT2D eigenvalue weighted by atomic mass is 10.1. The Morgan fingerprint density at radius 1 is 1.11 bits per heavy atom. The number of methoxy groups -OCH3 is 1. The van der Waals surface area contributed by atoms with Crippen LogP contribution in [0, 0.1) is 0 Å². The Kier molecular flexibility index (Phi) is 6.22. The molecule has 0 aliphatic carbocycles. The van der Waals surface area contributed by atoms with Gasteiger partial charge in [-0.1, -0.05) is 54.2 Å². The number of carbonyl (C=O) groups is 2. The van der Waals surface area contributed by atoms with Crippen molar-refractivity contribution in [3.63, 3.8) is 0 Å². The van der Waals surface area contributed by atoms with Gasteiger partial charge in [-0.15, -0.1) is 5.10 Å². The summed E-state index contributed by atoms with van der Waals surface area (Å²) in [7, 11) is 3.00. The van der Waals surface area contributed by atoms with E-state index in [1.165, 1.54) is 11.7 Å². The molecule has 28 heavy (non-hydrogen) atoms. The van der Waals surface area contributed by atoms with Gasteiger partial charge < -0.3 is 10.1 Å². The smallest absolute Gasteiger partial charge is 0.321 e. The van der Waals surface area contributed by atoms with Crippen molar-refractivity contribution in [2.24, 2.45) is 0 Å². The molecule has 0 saturated heterocycles. The van der Waals surface area contributed by atoms with Crippen molar-refractivity contribution < 1.29 is 14.3 Å². The number of amides is 3. The van der Waals surface area contributed by atoms with E-state index in [2.05, 4.69) is 26.2 Å². The number of imide groups is 1. The predicted octanol–water partition coefficient (Wildman–Crippen LogP) is 1.96. The van der Waals surface area contributed by atoms with Crippen molar-refractivity contribution in [2.45, 2.75) is 10.4 Å². The number of tetrazole rings is 1. The summed E-state index contributed by atoms with van der Waals surface area (Å²) in [4.78, 5) is 24.3. The largest absolute Gasteiger partial charge is 0.494 e. The number of hydrogen-bond acceptors (Lipinski definition) is 7. The Labute approximate surface area is 165 Å². The molecule has 0 bridgehead atoms. The number of aromatic nitrogens is 4. The van der Waals surface area contributed by atoms with Crippen LogP contribution in [0.1, 0.15) is 10.8 Å².